The van der Waals surface area contributed by atoms with E-state index in [-0.39, 0.29) is 6.04 Å². The molecule has 3 heterocycles. The van der Waals surface area contributed by atoms with Crippen LogP contribution in [-0.2, 0) is 6.54 Å². The van der Waals surface area contributed by atoms with Gasteiger partial charge in [-0.25, -0.2) is 15.0 Å². The molecule has 8 nitrogen and oxygen atoms in total. The lowest BCUT2D eigenvalue weighted by molar-refractivity contribution is 0.0557. The number of aryl methyl sites for hydroxylation is 1. The quantitative estimate of drug-likeness (QED) is 0.440. The Morgan fingerprint density at radius 3 is 2.12 bits per heavy atom. The molecule has 1 unspecified atom stereocenters. The van der Waals surface area contributed by atoms with Crippen molar-refractivity contribution >= 4 is 17.0 Å². The zero-order valence-electron chi connectivity index (χ0n) is 19.5. The number of aromatic nitrogens is 4. The molecule has 5 rings (SSSR count). The highest BCUT2D eigenvalue weighted by Gasteiger charge is 2.27. The highest BCUT2D eigenvalue weighted by Crippen LogP contribution is 2.29. The van der Waals surface area contributed by atoms with Gasteiger partial charge in [-0.15, -0.1) is 0 Å². The molecule has 8 heteroatoms. The molecular formula is C26H31N7O. The summed E-state index contributed by atoms with van der Waals surface area (Å²) in [5, 5.41) is 10.9. The molecule has 0 spiro atoms. The third-order valence-electron chi connectivity index (χ3n) is 6.62. The van der Waals surface area contributed by atoms with Crippen molar-refractivity contribution in [3.63, 3.8) is 0 Å². The molecule has 0 radical (unpaired) electrons. The number of fused-ring (bicyclic) bond motifs is 1. The van der Waals surface area contributed by atoms with Gasteiger partial charge < -0.3 is 15.4 Å². The minimum Gasteiger partial charge on any atom is -0.390 e. The number of nitrogens with zero attached hydrogens (tertiary/aromatic N) is 6. The number of hydrogen-bond acceptors (Lipinski definition) is 7. The molecule has 3 N–H and O–H groups in total. The van der Waals surface area contributed by atoms with Crippen molar-refractivity contribution in [3.05, 3.63) is 83.9 Å². The normalized spacial score (nSPS) is 16.3. The standard InChI is InChI=1S/C26H31N7O/c1-19-30-23-25(27)28-18-29-26(23)33(19)17-22(34)16-31-12-14-32(15-13-31)24(20-8-4-2-5-9-20)21-10-6-3-7-11-21/h2-11,18,22,24,34H,12-17H2,1H3,(H2,27,28,29). The fraction of sp³-hybridized carbons (Fsp3) is 0.346. The van der Waals surface area contributed by atoms with Crippen LogP contribution in [0.4, 0.5) is 5.82 Å². The van der Waals surface area contributed by atoms with E-state index in [2.05, 4.69) is 85.4 Å². The number of hydrogen-bond donors (Lipinski definition) is 2. The summed E-state index contributed by atoms with van der Waals surface area (Å²) in [5.41, 5.74) is 9.82. The molecule has 0 saturated carbocycles. The van der Waals surface area contributed by atoms with Crippen molar-refractivity contribution in [3.8, 4) is 0 Å². The maximum Gasteiger partial charge on any atom is 0.165 e. The summed E-state index contributed by atoms with van der Waals surface area (Å²) in [5.74, 6) is 1.14. The number of β-amino-alcohol motifs (C(OH)–C–C–N with tert-alkyl or cyclic N) is 1. The molecule has 1 aliphatic rings. The summed E-state index contributed by atoms with van der Waals surface area (Å²) >= 11 is 0. The van der Waals surface area contributed by atoms with E-state index < -0.39 is 6.10 Å². The summed E-state index contributed by atoms with van der Waals surface area (Å²) < 4.78 is 1.93. The Bertz CT molecular complexity index is 1180. The summed E-state index contributed by atoms with van der Waals surface area (Å²) in [6.07, 6.45) is 0.912. The molecule has 2 aromatic heterocycles. The van der Waals surface area contributed by atoms with Crippen LogP contribution in [0.3, 0.4) is 0 Å². The summed E-state index contributed by atoms with van der Waals surface area (Å²) in [6, 6.07) is 21.6. The molecule has 176 valence electrons. The number of nitrogen functional groups attached to an aromatic ring is 1. The lowest BCUT2D eigenvalue weighted by Crippen LogP contribution is -2.50. The minimum atomic E-state index is -0.530. The van der Waals surface area contributed by atoms with Gasteiger partial charge in [0.1, 0.15) is 12.2 Å². The zero-order chi connectivity index (χ0) is 23.5. The van der Waals surface area contributed by atoms with Crippen LogP contribution in [0.5, 0.6) is 0 Å². The Hall–Kier alpha value is -3.33. The van der Waals surface area contributed by atoms with Crippen molar-refractivity contribution in [2.45, 2.75) is 25.6 Å². The van der Waals surface area contributed by atoms with Crippen LogP contribution in [0, 0.1) is 6.92 Å². The largest absolute Gasteiger partial charge is 0.390 e. The molecular weight excluding hydrogens is 426 g/mol. The average Bonchev–Trinajstić information content (AvgIpc) is 3.18. The van der Waals surface area contributed by atoms with E-state index in [1.54, 1.807) is 0 Å². The molecule has 1 aliphatic heterocycles. The second kappa shape index (κ2) is 9.89. The second-order valence-electron chi connectivity index (χ2n) is 8.92. The van der Waals surface area contributed by atoms with Crippen molar-refractivity contribution in [1.29, 1.82) is 0 Å². The third-order valence-corrected chi connectivity index (χ3v) is 6.62. The number of rotatable bonds is 7. The SMILES string of the molecule is Cc1nc2c(N)ncnc2n1CC(O)CN1CCN(C(c2ccccc2)c2ccccc2)CC1. The maximum absolute atomic E-state index is 10.9. The lowest BCUT2D eigenvalue weighted by Gasteiger charge is -2.40. The van der Waals surface area contributed by atoms with Gasteiger partial charge in [-0.2, -0.15) is 0 Å². The summed E-state index contributed by atoms with van der Waals surface area (Å²) in [4.78, 5) is 17.7. The lowest BCUT2D eigenvalue weighted by atomic mass is 9.96. The highest BCUT2D eigenvalue weighted by atomic mass is 16.3. The van der Waals surface area contributed by atoms with Gasteiger partial charge in [0.05, 0.1) is 18.7 Å². The number of imidazole rings is 1. The molecule has 0 bridgehead atoms. The highest BCUT2D eigenvalue weighted by molar-refractivity contribution is 5.81. The Balaban J connectivity index is 1.24. The van der Waals surface area contributed by atoms with E-state index in [9.17, 15) is 5.11 Å². The van der Waals surface area contributed by atoms with Crippen molar-refractivity contribution in [1.82, 2.24) is 29.3 Å². The molecule has 0 amide bonds. The van der Waals surface area contributed by atoms with Gasteiger partial charge >= 0.3 is 0 Å². The van der Waals surface area contributed by atoms with E-state index in [1.165, 1.54) is 17.5 Å². The summed E-state index contributed by atoms with van der Waals surface area (Å²) in [6.45, 7) is 6.64. The van der Waals surface area contributed by atoms with E-state index >= 15 is 0 Å². The van der Waals surface area contributed by atoms with E-state index in [0.29, 0.717) is 30.1 Å². The Morgan fingerprint density at radius 2 is 1.50 bits per heavy atom. The maximum atomic E-state index is 10.9. The molecule has 1 fully saturated rings. The molecule has 1 saturated heterocycles. The Morgan fingerprint density at radius 1 is 0.882 bits per heavy atom. The number of anilines is 1. The van der Waals surface area contributed by atoms with Crippen LogP contribution >= 0.6 is 0 Å². The molecule has 4 aromatic rings. The van der Waals surface area contributed by atoms with E-state index in [1.807, 2.05) is 11.5 Å². The van der Waals surface area contributed by atoms with E-state index in [0.717, 1.165) is 32.0 Å². The van der Waals surface area contributed by atoms with Gasteiger partial charge in [-0.3, -0.25) is 9.80 Å². The van der Waals surface area contributed by atoms with Crippen molar-refractivity contribution < 1.29 is 5.11 Å². The first-order valence-electron chi connectivity index (χ1n) is 11.8. The summed E-state index contributed by atoms with van der Waals surface area (Å²) in [7, 11) is 0. The fourth-order valence-corrected chi connectivity index (χ4v) is 4.94. The Labute approximate surface area is 199 Å². The van der Waals surface area contributed by atoms with Gasteiger partial charge in [0, 0.05) is 32.7 Å². The van der Waals surface area contributed by atoms with E-state index in [4.69, 9.17) is 5.73 Å². The van der Waals surface area contributed by atoms with Crippen LogP contribution in [0.2, 0.25) is 0 Å². The van der Waals surface area contributed by atoms with Crippen LogP contribution in [0.15, 0.2) is 67.0 Å². The van der Waals surface area contributed by atoms with Gasteiger partial charge in [0.25, 0.3) is 0 Å². The number of aliphatic hydroxyl groups is 1. The topological polar surface area (TPSA) is 96.3 Å². The van der Waals surface area contributed by atoms with Crippen LogP contribution in [-0.4, -0.2) is 73.3 Å². The van der Waals surface area contributed by atoms with Gasteiger partial charge in [-0.1, -0.05) is 60.7 Å². The monoisotopic (exact) mass is 457 g/mol. The third kappa shape index (κ3) is 4.65. The number of benzene rings is 2. The number of aliphatic hydroxyl groups excluding tert-OH is 1. The van der Waals surface area contributed by atoms with Crippen LogP contribution < -0.4 is 5.73 Å². The van der Waals surface area contributed by atoms with Crippen molar-refractivity contribution in [2.75, 3.05) is 38.5 Å². The molecule has 34 heavy (non-hydrogen) atoms. The van der Waals surface area contributed by atoms with Gasteiger partial charge in [0.2, 0.25) is 0 Å². The number of nitrogens with two attached hydrogens (primary N) is 1. The van der Waals surface area contributed by atoms with Crippen LogP contribution in [0.1, 0.15) is 23.0 Å². The second-order valence-corrected chi connectivity index (χ2v) is 8.92. The van der Waals surface area contributed by atoms with Crippen LogP contribution in [0.25, 0.3) is 11.2 Å². The average molecular weight is 458 g/mol. The predicted molar refractivity (Wildman–Crippen MR) is 133 cm³/mol. The Kier molecular flexibility index (Phi) is 6.53. The minimum absolute atomic E-state index is 0.236. The first-order chi connectivity index (χ1) is 16.6. The number of piperazine rings is 1. The molecule has 1 atom stereocenters. The van der Waals surface area contributed by atoms with Crippen molar-refractivity contribution in [2.24, 2.45) is 0 Å². The smallest absolute Gasteiger partial charge is 0.165 e. The molecule has 0 aliphatic carbocycles. The first kappa shape index (κ1) is 22.5. The zero-order valence-corrected chi connectivity index (χ0v) is 19.5. The predicted octanol–water partition coefficient (Wildman–Crippen LogP) is 2.49. The van der Waals surface area contributed by atoms with Gasteiger partial charge in [-0.05, 0) is 18.1 Å². The van der Waals surface area contributed by atoms with Gasteiger partial charge in [0.15, 0.2) is 17.0 Å². The first-order valence-corrected chi connectivity index (χ1v) is 11.8. The molecule has 2 aromatic carbocycles. The fourth-order valence-electron chi connectivity index (χ4n) is 4.94.